The van der Waals surface area contributed by atoms with E-state index < -0.39 is 0 Å². The van der Waals surface area contributed by atoms with Gasteiger partial charge in [0.1, 0.15) is 0 Å². The molecular formula is C18H27N3. The summed E-state index contributed by atoms with van der Waals surface area (Å²) in [5.41, 5.74) is 10.2. The SMILES string of the molecule is CCc1cc(CC(N)C(C)(C)c2ccccc2)n(CC)n1. The predicted molar refractivity (Wildman–Crippen MR) is 88.4 cm³/mol. The Morgan fingerprint density at radius 3 is 2.43 bits per heavy atom. The van der Waals surface area contributed by atoms with Crippen LogP contribution >= 0.6 is 0 Å². The van der Waals surface area contributed by atoms with Crippen LogP contribution in [0.3, 0.4) is 0 Å². The first-order valence-electron chi connectivity index (χ1n) is 7.85. The molecule has 0 amide bonds. The Morgan fingerprint density at radius 2 is 1.86 bits per heavy atom. The molecule has 1 atom stereocenters. The quantitative estimate of drug-likeness (QED) is 0.885. The van der Waals surface area contributed by atoms with Crippen LogP contribution in [0.1, 0.15) is 44.6 Å². The lowest BCUT2D eigenvalue weighted by Crippen LogP contribution is -2.42. The number of rotatable bonds is 6. The van der Waals surface area contributed by atoms with Crippen LogP contribution in [0.15, 0.2) is 36.4 Å². The molecule has 2 rings (SSSR count). The predicted octanol–water partition coefficient (Wildman–Crippen LogP) is 3.31. The van der Waals surface area contributed by atoms with Crippen molar-refractivity contribution in [2.75, 3.05) is 0 Å². The highest BCUT2D eigenvalue weighted by Crippen LogP contribution is 2.28. The van der Waals surface area contributed by atoms with Gasteiger partial charge in [0.15, 0.2) is 0 Å². The highest BCUT2D eigenvalue weighted by Gasteiger charge is 2.29. The molecule has 3 nitrogen and oxygen atoms in total. The van der Waals surface area contributed by atoms with E-state index in [9.17, 15) is 0 Å². The van der Waals surface area contributed by atoms with Crippen molar-refractivity contribution in [1.82, 2.24) is 9.78 Å². The summed E-state index contributed by atoms with van der Waals surface area (Å²) in [7, 11) is 0. The Bertz CT molecular complexity index is 569. The Hall–Kier alpha value is -1.61. The van der Waals surface area contributed by atoms with Gasteiger partial charge in [-0.1, -0.05) is 51.1 Å². The van der Waals surface area contributed by atoms with E-state index in [0.717, 1.165) is 25.1 Å². The molecule has 1 aromatic heterocycles. The van der Waals surface area contributed by atoms with Gasteiger partial charge >= 0.3 is 0 Å². The van der Waals surface area contributed by atoms with Gasteiger partial charge in [0, 0.05) is 30.1 Å². The minimum Gasteiger partial charge on any atom is -0.327 e. The maximum atomic E-state index is 6.55. The van der Waals surface area contributed by atoms with Crippen molar-refractivity contribution in [3.05, 3.63) is 53.3 Å². The van der Waals surface area contributed by atoms with Crippen LogP contribution in [0.5, 0.6) is 0 Å². The molecular weight excluding hydrogens is 258 g/mol. The Labute approximate surface area is 128 Å². The topological polar surface area (TPSA) is 43.8 Å². The smallest absolute Gasteiger partial charge is 0.0624 e. The average Bonchev–Trinajstić information content (AvgIpc) is 2.90. The van der Waals surface area contributed by atoms with Crippen LogP contribution in [0.2, 0.25) is 0 Å². The second kappa shape index (κ2) is 6.44. The molecule has 1 heterocycles. The van der Waals surface area contributed by atoms with Gasteiger partial charge in [-0.15, -0.1) is 0 Å². The Balaban J connectivity index is 2.21. The fourth-order valence-corrected chi connectivity index (χ4v) is 2.69. The van der Waals surface area contributed by atoms with Crippen molar-refractivity contribution in [2.24, 2.45) is 5.73 Å². The van der Waals surface area contributed by atoms with Gasteiger partial charge in [-0.25, -0.2) is 0 Å². The van der Waals surface area contributed by atoms with Gasteiger partial charge in [0.25, 0.3) is 0 Å². The number of hydrogen-bond donors (Lipinski definition) is 1. The fraction of sp³-hybridized carbons (Fsp3) is 0.500. The minimum atomic E-state index is -0.0590. The van der Waals surface area contributed by atoms with Crippen LogP contribution in [-0.2, 0) is 24.8 Å². The maximum absolute atomic E-state index is 6.55. The van der Waals surface area contributed by atoms with Crippen molar-refractivity contribution in [3.63, 3.8) is 0 Å². The normalized spacial score (nSPS) is 13.4. The molecule has 21 heavy (non-hydrogen) atoms. The molecule has 114 valence electrons. The fourth-order valence-electron chi connectivity index (χ4n) is 2.69. The first kappa shape index (κ1) is 15.8. The summed E-state index contributed by atoms with van der Waals surface area (Å²) in [5.74, 6) is 0. The molecule has 0 spiro atoms. The summed E-state index contributed by atoms with van der Waals surface area (Å²) in [6.07, 6.45) is 1.82. The second-order valence-corrected chi connectivity index (χ2v) is 6.19. The van der Waals surface area contributed by atoms with Gasteiger partial charge in [0.05, 0.1) is 5.69 Å². The summed E-state index contributed by atoms with van der Waals surface area (Å²) >= 11 is 0. The highest BCUT2D eigenvalue weighted by molar-refractivity contribution is 5.26. The van der Waals surface area contributed by atoms with Crippen LogP contribution in [0, 0.1) is 0 Å². The Morgan fingerprint density at radius 1 is 1.19 bits per heavy atom. The third-order valence-corrected chi connectivity index (χ3v) is 4.45. The third kappa shape index (κ3) is 3.35. The summed E-state index contributed by atoms with van der Waals surface area (Å²) in [6.45, 7) is 9.61. The van der Waals surface area contributed by atoms with Gasteiger partial charge in [-0.05, 0) is 25.0 Å². The number of aromatic nitrogens is 2. The van der Waals surface area contributed by atoms with Crippen LogP contribution < -0.4 is 5.73 Å². The van der Waals surface area contributed by atoms with E-state index in [0.29, 0.717) is 0 Å². The van der Waals surface area contributed by atoms with Crippen molar-refractivity contribution in [2.45, 2.75) is 58.5 Å². The number of aryl methyl sites for hydroxylation is 2. The molecule has 0 fully saturated rings. The molecule has 0 aliphatic heterocycles. The monoisotopic (exact) mass is 285 g/mol. The van der Waals surface area contributed by atoms with Gasteiger partial charge < -0.3 is 5.73 Å². The molecule has 1 unspecified atom stereocenters. The van der Waals surface area contributed by atoms with Gasteiger partial charge in [0.2, 0.25) is 0 Å². The number of nitrogens with zero attached hydrogens (tertiary/aromatic N) is 2. The van der Waals surface area contributed by atoms with E-state index >= 15 is 0 Å². The van der Waals surface area contributed by atoms with Crippen molar-refractivity contribution < 1.29 is 0 Å². The highest BCUT2D eigenvalue weighted by atomic mass is 15.3. The summed E-state index contributed by atoms with van der Waals surface area (Å²) in [4.78, 5) is 0. The molecule has 3 heteroatoms. The number of benzene rings is 1. The standard InChI is InChI=1S/C18H27N3/c1-5-15-12-16(21(6-2)20-15)13-17(19)18(3,4)14-10-8-7-9-11-14/h7-12,17H,5-6,13,19H2,1-4H3. The molecule has 0 aliphatic rings. The molecule has 0 radical (unpaired) electrons. The zero-order chi connectivity index (χ0) is 15.5. The summed E-state index contributed by atoms with van der Waals surface area (Å²) in [6, 6.07) is 12.8. The zero-order valence-electron chi connectivity index (χ0n) is 13.6. The average molecular weight is 285 g/mol. The first-order valence-corrected chi connectivity index (χ1v) is 7.85. The molecule has 0 bridgehead atoms. The summed E-state index contributed by atoms with van der Waals surface area (Å²) in [5, 5.41) is 4.62. The lowest BCUT2D eigenvalue weighted by atomic mass is 9.76. The first-order chi connectivity index (χ1) is 9.98. The molecule has 0 saturated carbocycles. The lowest BCUT2D eigenvalue weighted by molar-refractivity contribution is 0.397. The van der Waals surface area contributed by atoms with Crippen LogP contribution in [-0.4, -0.2) is 15.8 Å². The van der Waals surface area contributed by atoms with Crippen molar-refractivity contribution in [1.29, 1.82) is 0 Å². The largest absolute Gasteiger partial charge is 0.327 e. The number of hydrogen-bond acceptors (Lipinski definition) is 2. The van der Waals surface area contributed by atoms with E-state index in [1.807, 2.05) is 6.07 Å². The van der Waals surface area contributed by atoms with E-state index in [2.05, 4.69) is 67.8 Å². The number of nitrogens with two attached hydrogens (primary N) is 1. The van der Waals surface area contributed by atoms with Crippen molar-refractivity contribution >= 4 is 0 Å². The third-order valence-electron chi connectivity index (χ3n) is 4.45. The van der Waals surface area contributed by atoms with Crippen LogP contribution in [0.4, 0.5) is 0 Å². The second-order valence-electron chi connectivity index (χ2n) is 6.19. The Kier molecular flexibility index (Phi) is 4.84. The lowest BCUT2D eigenvalue weighted by Gasteiger charge is -2.32. The van der Waals surface area contributed by atoms with Gasteiger partial charge in [-0.3, -0.25) is 4.68 Å². The minimum absolute atomic E-state index is 0.0590. The van der Waals surface area contributed by atoms with E-state index in [4.69, 9.17) is 5.73 Å². The van der Waals surface area contributed by atoms with Crippen LogP contribution in [0.25, 0.3) is 0 Å². The molecule has 1 aromatic carbocycles. The van der Waals surface area contributed by atoms with E-state index in [1.165, 1.54) is 11.3 Å². The van der Waals surface area contributed by atoms with E-state index in [-0.39, 0.29) is 11.5 Å². The molecule has 2 N–H and O–H groups in total. The molecule has 0 saturated heterocycles. The van der Waals surface area contributed by atoms with E-state index in [1.54, 1.807) is 0 Å². The maximum Gasteiger partial charge on any atom is 0.0624 e. The van der Waals surface area contributed by atoms with Crippen molar-refractivity contribution in [3.8, 4) is 0 Å². The zero-order valence-corrected chi connectivity index (χ0v) is 13.6. The molecule has 0 aliphatic carbocycles. The molecule has 2 aromatic rings. The van der Waals surface area contributed by atoms with Gasteiger partial charge in [-0.2, -0.15) is 5.10 Å². The summed E-state index contributed by atoms with van der Waals surface area (Å²) < 4.78 is 2.08.